The monoisotopic (exact) mass is 494 g/mol. The van der Waals surface area contributed by atoms with Crippen molar-refractivity contribution >= 4 is 40.2 Å². The summed E-state index contributed by atoms with van der Waals surface area (Å²) in [6.07, 6.45) is 2.59. The first-order valence-corrected chi connectivity index (χ1v) is 13.6. The Morgan fingerprint density at radius 1 is 1.12 bits per heavy atom. The lowest BCUT2D eigenvalue weighted by Crippen LogP contribution is -2.38. The molecule has 2 aliphatic heterocycles. The molecule has 5 rings (SSSR count). The molecule has 0 saturated carbocycles. The van der Waals surface area contributed by atoms with Gasteiger partial charge in [-0.15, -0.1) is 22.7 Å². The van der Waals surface area contributed by atoms with Gasteiger partial charge >= 0.3 is 0 Å². The minimum Gasteiger partial charge on any atom is -0.334 e. The van der Waals surface area contributed by atoms with Crippen molar-refractivity contribution in [1.29, 1.82) is 0 Å². The molecule has 0 atom stereocenters. The Labute approximate surface area is 208 Å². The first-order valence-electron chi connectivity index (χ1n) is 11.9. The molecular weight excluding hydrogens is 464 g/mol. The molecule has 2 amide bonds. The van der Waals surface area contributed by atoms with E-state index in [-0.39, 0.29) is 17.7 Å². The van der Waals surface area contributed by atoms with E-state index in [2.05, 4.69) is 32.0 Å². The number of hydrogen-bond acceptors (Lipinski definition) is 6. The molecule has 0 bridgehead atoms. The van der Waals surface area contributed by atoms with E-state index in [1.54, 1.807) is 22.7 Å². The number of carbonyl (C=O) groups excluding carboxylic acids is 2. The number of nitrogens with one attached hydrogen (secondary N) is 1. The number of aryl methyl sites for hydroxylation is 1. The number of rotatable bonds is 5. The van der Waals surface area contributed by atoms with Crippen LogP contribution in [0.2, 0.25) is 0 Å². The van der Waals surface area contributed by atoms with Crippen molar-refractivity contribution in [2.45, 2.75) is 46.2 Å². The molecule has 0 aliphatic carbocycles. The van der Waals surface area contributed by atoms with Crippen LogP contribution in [-0.2, 0) is 24.3 Å². The van der Waals surface area contributed by atoms with Crippen LogP contribution < -0.4 is 5.32 Å². The Balaban J connectivity index is 1.19. The molecule has 1 N–H and O–H groups in total. The molecule has 0 spiro atoms. The molecule has 3 aromatic rings. The molecule has 8 heteroatoms. The lowest BCUT2D eigenvalue weighted by atomic mass is 9.95. The number of fused-ring (bicyclic) bond motifs is 1. The van der Waals surface area contributed by atoms with Gasteiger partial charge in [-0.05, 0) is 80.9 Å². The molecule has 0 unspecified atom stereocenters. The fraction of sp³-hybridized carbons (Fsp3) is 0.423. The molecule has 1 aromatic carbocycles. The number of thiophene rings is 1. The summed E-state index contributed by atoms with van der Waals surface area (Å²) in [6.45, 7) is 8.00. The van der Waals surface area contributed by atoms with Gasteiger partial charge in [-0.3, -0.25) is 14.5 Å². The maximum Gasteiger partial charge on any atom is 0.254 e. The summed E-state index contributed by atoms with van der Waals surface area (Å²) in [5.74, 6) is 0.0834. The van der Waals surface area contributed by atoms with Crippen LogP contribution in [0.5, 0.6) is 0 Å². The zero-order valence-corrected chi connectivity index (χ0v) is 21.3. The number of carbonyl (C=O) groups is 2. The van der Waals surface area contributed by atoms with Gasteiger partial charge in [-0.25, -0.2) is 4.98 Å². The van der Waals surface area contributed by atoms with Crippen LogP contribution in [-0.4, -0.2) is 46.2 Å². The van der Waals surface area contributed by atoms with Crippen molar-refractivity contribution in [2.24, 2.45) is 5.92 Å². The normalized spacial score (nSPS) is 16.9. The predicted molar refractivity (Wildman–Crippen MR) is 137 cm³/mol. The van der Waals surface area contributed by atoms with Gasteiger partial charge in [0.2, 0.25) is 5.91 Å². The molecular formula is C26H30N4O2S2. The SMILES string of the molecule is Cc1nc(CN2CCC(C(=O)Nc3cccc(C(=O)N4CCc5sccc5C4)c3C)CC2)cs1. The number of benzene rings is 1. The van der Waals surface area contributed by atoms with Crippen molar-refractivity contribution in [3.63, 3.8) is 0 Å². The van der Waals surface area contributed by atoms with Gasteiger partial charge in [0.25, 0.3) is 5.91 Å². The van der Waals surface area contributed by atoms with Crippen LogP contribution in [0.4, 0.5) is 5.69 Å². The molecule has 2 aromatic heterocycles. The summed E-state index contributed by atoms with van der Waals surface area (Å²) in [6, 6.07) is 7.76. The lowest BCUT2D eigenvalue weighted by Gasteiger charge is -2.31. The minimum absolute atomic E-state index is 0.00807. The van der Waals surface area contributed by atoms with E-state index >= 15 is 0 Å². The highest BCUT2D eigenvalue weighted by Gasteiger charge is 2.27. The minimum atomic E-state index is -0.00807. The van der Waals surface area contributed by atoms with E-state index in [0.29, 0.717) is 12.1 Å². The largest absolute Gasteiger partial charge is 0.334 e. The van der Waals surface area contributed by atoms with E-state index in [0.717, 1.165) is 67.4 Å². The van der Waals surface area contributed by atoms with E-state index in [1.807, 2.05) is 36.9 Å². The van der Waals surface area contributed by atoms with Gasteiger partial charge in [0, 0.05) is 47.1 Å². The summed E-state index contributed by atoms with van der Waals surface area (Å²) in [5, 5.41) is 8.44. The topological polar surface area (TPSA) is 65.5 Å². The summed E-state index contributed by atoms with van der Waals surface area (Å²) in [5.41, 5.74) is 4.62. The number of amides is 2. The first kappa shape index (κ1) is 23.2. The fourth-order valence-corrected chi connectivity index (χ4v) is 6.39. The van der Waals surface area contributed by atoms with E-state index in [1.165, 1.54) is 10.4 Å². The quantitative estimate of drug-likeness (QED) is 0.550. The third-order valence-electron chi connectivity index (χ3n) is 6.93. The molecule has 1 saturated heterocycles. The molecule has 34 heavy (non-hydrogen) atoms. The number of nitrogens with zero attached hydrogens (tertiary/aromatic N) is 3. The highest BCUT2D eigenvalue weighted by molar-refractivity contribution is 7.10. The van der Waals surface area contributed by atoms with Gasteiger partial charge in [0.05, 0.1) is 10.7 Å². The third kappa shape index (κ3) is 4.94. The Bertz CT molecular complexity index is 1190. The van der Waals surface area contributed by atoms with Crippen LogP contribution in [0.3, 0.4) is 0 Å². The number of hydrogen-bond donors (Lipinski definition) is 1. The second-order valence-corrected chi connectivity index (χ2v) is 11.3. The summed E-state index contributed by atoms with van der Waals surface area (Å²) >= 11 is 3.45. The smallest absolute Gasteiger partial charge is 0.254 e. The van der Waals surface area contributed by atoms with Crippen molar-refractivity contribution in [1.82, 2.24) is 14.8 Å². The first-order chi connectivity index (χ1) is 16.5. The summed E-state index contributed by atoms with van der Waals surface area (Å²) in [4.78, 5) is 36.6. The summed E-state index contributed by atoms with van der Waals surface area (Å²) < 4.78 is 0. The lowest BCUT2D eigenvalue weighted by molar-refractivity contribution is -0.121. The number of anilines is 1. The molecule has 178 valence electrons. The average Bonchev–Trinajstić information content (AvgIpc) is 3.48. The van der Waals surface area contributed by atoms with Gasteiger partial charge in [0.15, 0.2) is 0 Å². The molecule has 6 nitrogen and oxygen atoms in total. The van der Waals surface area contributed by atoms with Crippen molar-refractivity contribution in [2.75, 3.05) is 25.0 Å². The van der Waals surface area contributed by atoms with E-state index in [4.69, 9.17) is 0 Å². The second-order valence-electron chi connectivity index (χ2n) is 9.22. The predicted octanol–water partition coefficient (Wildman–Crippen LogP) is 4.87. The molecule has 0 radical (unpaired) electrons. The Hall–Kier alpha value is -2.55. The Kier molecular flexibility index (Phi) is 6.81. The van der Waals surface area contributed by atoms with Crippen LogP contribution in [0.15, 0.2) is 35.0 Å². The second kappa shape index (κ2) is 9.98. The summed E-state index contributed by atoms with van der Waals surface area (Å²) in [7, 11) is 0. The van der Waals surface area contributed by atoms with Crippen molar-refractivity contribution in [3.05, 3.63) is 67.3 Å². The van der Waals surface area contributed by atoms with Crippen molar-refractivity contribution < 1.29 is 9.59 Å². The zero-order chi connectivity index (χ0) is 23.7. The van der Waals surface area contributed by atoms with Crippen LogP contribution in [0.25, 0.3) is 0 Å². The molecule has 1 fully saturated rings. The van der Waals surface area contributed by atoms with Gasteiger partial charge in [0.1, 0.15) is 0 Å². The van der Waals surface area contributed by atoms with Crippen LogP contribution in [0.1, 0.15) is 49.9 Å². The number of thiazole rings is 1. The zero-order valence-electron chi connectivity index (χ0n) is 19.7. The van der Waals surface area contributed by atoms with E-state index in [9.17, 15) is 9.59 Å². The van der Waals surface area contributed by atoms with Gasteiger partial charge < -0.3 is 10.2 Å². The highest BCUT2D eigenvalue weighted by Crippen LogP contribution is 2.28. The Morgan fingerprint density at radius 2 is 1.94 bits per heavy atom. The number of aromatic nitrogens is 1. The number of piperidine rings is 1. The maximum absolute atomic E-state index is 13.3. The van der Waals surface area contributed by atoms with Crippen LogP contribution in [0, 0.1) is 19.8 Å². The molecule has 2 aliphatic rings. The Morgan fingerprint density at radius 3 is 2.71 bits per heavy atom. The fourth-order valence-electron chi connectivity index (χ4n) is 4.89. The average molecular weight is 495 g/mol. The van der Waals surface area contributed by atoms with Gasteiger partial charge in [-0.2, -0.15) is 0 Å². The van der Waals surface area contributed by atoms with Crippen molar-refractivity contribution in [3.8, 4) is 0 Å². The van der Waals surface area contributed by atoms with Crippen LogP contribution >= 0.6 is 22.7 Å². The van der Waals surface area contributed by atoms with E-state index < -0.39 is 0 Å². The third-order valence-corrected chi connectivity index (χ3v) is 8.77. The maximum atomic E-state index is 13.3. The highest BCUT2D eigenvalue weighted by atomic mass is 32.1. The standard InChI is InChI=1S/C26H30N4O2S2/c1-17-22(26(32)30-12-8-24-20(14-30)9-13-33-24)4-3-5-23(17)28-25(31)19-6-10-29(11-7-19)15-21-16-34-18(2)27-21/h3-5,9,13,16,19H,6-8,10-12,14-15H2,1-2H3,(H,28,31). The molecule has 4 heterocycles. The van der Waals surface area contributed by atoms with Gasteiger partial charge in [-0.1, -0.05) is 6.07 Å². The number of likely N-dealkylation sites (tertiary alicyclic amines) is 1.